The molecule has 0 fully saturated rings. The van der Waals surface area contributed by atoms with Gasteiger partial charge in [-0.1, -0.05) is 12.1 Å². The molecule has 1 amide bonds. The number of nitrogens with zero attached hydrogens (tertiary/aromatic N) is 1. The molecule has 2 aromatic carbocycles. The summed E-state index contributed by atoms with van der Waals surface area (Å²) in [5.74, 6) is 1.35. The van der Waals surface area contributed by atoms with Crippen LogP contribution in [0.3, 0.4) is 0 Å². The molecule has 0 atom stereocenters. The number of benzene rings is 2. The molecule has 0 heterocycles. The van der Waals surface area contributed by atoms with Crippen molar-refractivity contribution in [2.24, 2.45) is 0 Å². The van der Waals surface area contributed by atoms with Crippen molar-refractivity contribution in [3.05, 3.63) is 54.1 Å². The topological polar surface area (TPSA) is 84.9 Å². The van der Waals surface area contributed by atoms with Crippen molar-refractivity contribution in [3.63, 3.8) is 0 Å². The quantitative estimate of drug-likeness (QED) is 0.535. The molecule has 2 aromatic rings. The molecule has 170 valence electrons. The Labute approximate surface area is 185 Å². The van der Waals surface area contributed by atoms with Crippen molar-refractivity contribution < 1.29 is 22.7 Å². The summed E-state index contributed by atoms with van der Waals surface area (Å²) in [6.07, 6.45) is 1.92. The highest BCUT2D eigenvalue weighted by Gasteiger charge is 2.17. The van der Waals surface area contributed by atoms with Gasteiger partial charge in [-0.2, -0.15) is 0 Å². The SMILES string of the molecule is CCOc1ccc(N(CCCC(=O)NCc2ccc(OC(C)C)cc2)S(C)(=O)=O)cc1. The Hall–Kier alpha value is -2.74. The first-order chi connectivity index (χ1) is 14.7. The standard InChI is InChI=1S/C23H32N2O5S/c1-5-29-21-14-10-20(11-15-21)25(31(4,27)28)16-6-7-23(26)24-17-19-8-12-22(13-9-19)30-18(2)3/h8-15,18H,5-7,16-17H2,1-4H3,(H,24,26). The van der Waals surface area contributed by atoms with Crippen LogP contribution in [0.5, 0.6) is 11.5 Å². The molecule has 0 aliphatic rings. The Morgan fingerprint density at radius 1 is 1.03 bits per heavy atom. The summed E-state index contributed by atoms with van der Waals surface area (Å²) in [6, 6.07) is 14.5. The van der Waals surface area contributed by atoms with E-state index in [4.69, 9.17) is 9.47 Å². The van der Waals surface area contributed by atoms with Crippen LogP contribution < -0.4 is 19.1 Å². The summed E-state index contributed by atoms with van der Waals surface area (Å²) in [4.78, 5) is 12.2. The van der Waals surface area contributed by atoms with Gasteiger partial charge < -0.3 is 14.8 Å². The molecule has 0 aromatic heterocycles. The van der Waals surface area contributed by atoms with Gasteiger partial charge in [0, 0.05) is 19.5 Å². The molecule has 0 unspecified atom stereocenters. The maximum atomic E-state index is 12.2. The fourth-order valence-electron chi connectivity index (χ4n) is 2.99. The van der Waals surface area contributed by atoms with Crippen LogP contribution in [0.25, 0.3) is 0 Å². The molecule has 2 rings (SSSR count). The zero-order valence-corrected chi connectivity index (χ0v) is 19.4. The average Bonchev–Trinajstić information content (AvgIpc) is 2.70. The number of amides is 1. The van der Waals surface area contributed by atoms with Crippen molar-refractivity contribution in [2.75, 3.05) is 23.7 Å². The first kappa shape index (κ1) is 24.5. The van der Waals surface area contributed by atoms with Crippen molar-refractivity contribution in [1.82, 2.24) is 5.32 Å². The third-order valence-corrected chi connectivity index (χ3v) is 5.58. The molecule has 0 aliphatic heterocycles. The highest BCUT2D eigenvalue weighted by molar-refractivity contribution is 7.92. The minimum atomic E-state index is -3.46. The lowest BCUT2D eigenvalue weighted by Crippen LogP contribution is -2.32. The first-order valence-electron chi connectivity index (χ1n) is 10.4. The lowest BCUT2D eigenvalue weighted by Gasteiger charge is -2.22. The van der Waals surface area contributed by atoms with Crippen LogP contribution in [0.2, 0.25) is 0 Å². The second kappa shape index (κ2) is 11.6. The Morgan fingerprint density at radius 2 is 1.65 bits per heavy atom. The maximum Gasteiger partial charge on any atom is 0.232 e. The molecular formula is C23H32N2O5S. The van der Waals surface area contributed by atoms with Gasteiger partial charge in [0.15, 0.2) is 0 Å². The van der Waals surface area contributed by atoms with Crippen LogP contribution in [0.4, 0.5) is 5.69 Å². The second-order valence-electron chi connectivity index (χ2n) is 7.45. The van der Waals surface area contributed by atoms with Gasteiger partial charge in [0.05, 0.1) is 24.7 Å². The molecule has 0 spiro atoms. The number of hydrogen-bond acceptors (Lipinski definition) is 5. The number of sulfonamides is 1. The van der Waals surface area contributed by atoms with Crippen LogP contribution in [-0.4, -0.2) is 39.8 Å². The van der Waals surface area contributed by atoms with Gasteiger partial charge in [-0.25, -0.2) is 8.42 Å². The summed E-state index contributed by atoms with van der Waals surface area (Å²) in [6.45, 7) is 7.00. The lowest BCUT2D eigenvalue weighted by atomic mass is 10.2. The zero-order chi connectivity index (χ0) is 22.9. The van der Waals surface area contributed by atoms with E-state index in [2.05, 4.69) is 5.32 Å². The van der Waals surface area contributed by atoms with Crippen LogP contribution in [0.1, 0.15) is 39.2 Å². The highest BCUT2D eigenvalue weighted by Crippen LogP contribution is 2.22. The molecule has 7 nitrogen and oxygen atoms in total. The summed E-state index contributed by atoms with van der Waals surface area (Å²) in [5, 5.41) is 2.87. The van der Waals surface area contributed by atoms with Crippen LogP contribution in [0, 0.1) is 0 Å². The van der Waals surface area contributed by atoms with Crippen LogP contribution >= 0.6 is 0 Å². The Kier molecular flexibility index (Phi) is 9.18. The normalized spacial score (nSPS) is 11.3. The minimum absolute atomic E-state index is 0.111. The molecule has 0 saturated heterocycles. The number of carbonyl (C=O) groups is 1. The van der Waals surface area contributed by atoms with E-state index in [1.807, 2.05) is 45.0 Å². The van der Waals surface area contributed by atoms with E-state index in [-0.39, 0.29) is 25.0 Å². The zero-order valence-electron chi connectivity index (χ0n) is 18.6. The smallest absolute Gasteiger partial charge is 0.232 e. The Balaban J connectivity index is 1.84. The molecule has 0 radical (unpaired) electrons. The number of rotatable bonds is 12. The number of carbonyl (C=O) groups excluding carboxylic acids is 1. The van der Waals surface area contributed by atoms with Crippen molar-refractivity contribution in [1.29, 1.82) is 0 Å². The molecular weight excluding hydrogens is 416 g/mol. The summed E-state index contributed by atoms with van der Waals surface area (Å²) < 4.78 is 36.7. The summed E-state index contributed by atoms with van der Waals surface area (Å²) >= 11 is 0. The monoisotopic (exact) mass is 448 g/mol. The van der Waals surface area contributed by atoms with Crippen molar-refractivity contribution in [3.8, 4) is 11.5 Å². The van der Waals surface area contributed by atoms with Crippen LogP contribution in [0.15, 0.2) is 48.5 Å². The average molecular weight is 449 g/mol. The number of anilines is 1. The second-order valence-corrected chi connectivity index (χ2v) is 9.36. The van der Waals surface area contributed by atoms with Crippen molar-refractivity contribution in [2.45, 2.75) is 46.3 Å². The molecule has 0 saturated carbocycles. The van der Waals surface area contributed by atoms with E-state index in [0.717, 1.165) is 17.6 Å². The molecule has 8 heteroatoms. The largest absolute Gasteiger partial charge is 0.494 e. The van der Waals surface area contributed by atoms with Gasteiger partial charge in [0.25, 0.3) is 0 Å². The Bertz CT molecular complexity index is 925. The molecule has 31 heavy (non-hydrogen) atoms. The van der Waals surface area contributed by atoms with Gasteiger partial charge in [0.2, 0.25) is 15.9 Å². The highest BCUT2D eigenvalue weighted by atomic mass is 32.2. The fraction of sp³-hybridized carbons (Fsp3) is 0.435. The van der Waals surface area contributed by atoms with Crippen LogP contribution in [-0.2, 0) is 21.4 Å². The van der Waals surface area contributed by atoms with E-state index < -0.39 is 10.0 Å². The summed E-state index contributed by atoms with van der Waals surface area (Å²) in [5.41, 5.74) is 1.52. The van der Waals surface area contributed by atoms with Gasteiger partial charge in [-0.3, -0.25) is 9.10 Å². The van der Waals surface area contributed by atoms with Gasteiger partial charge in [0.1, 0.15) is 11.5 Å². The maximum absolute atomic E-state index is 12.2. The third-order valence-electron chi connectivity index (χ3n) is 4.39. The van der Waals surface area contributed by atoms with E-state index in [1.54, 1.807) is 24.3 Å². The third kappa shape index (κ3) is 8.49. The van der Waals surface area contributed by atoms with E-state index in [9.17, 15) is 13.2 Å². The predicted octanol–water partition coefficient (Wildman–Crippen LogP) is 3.74. The van der Waals surface area contributed by atoms with Gasteiger partial charge >= 0.3 is 0 Å². The number of ether oxygens (including phenoxy) is 2. The lowest BCUT2D eigenvalue weighted by molar-refractivity contribution is -0.121. The number of nitrogens with one attached hydrogen (secondary N) is 1. The van der Waals surface area contributed by atoms with Gasteiger partial charge in [-0.15, -0.1) is 0 Å². The molecule has 0 bridgehead atoms. The summed E-state index contributed by atoms with van der Waals surface area (Å²) in [7, 11) is -3.46. The molecule has 0 aliphatic carbocycles. The van der Waals surface area contributed by atoms with E-state index in [1.165, 1.54) is 4.31 Å². The van der Waals surface area contributed by atoms with E-state index in [0.29, 0.717) is 31.0 Å². The molecule has 1 N–H and O–H groups in total. The first-order valence-corrected chi connectivity index (χ1v) is 12.3. The number of hydrogen-bond donors (Lipinski definition) is 1. The fourth-order valence-corrected chi connectivity index (χ4v) is 3.96. The van der Waals surface area contributed by atoms with E-state index >= 15 is 0 Å². The Morgan fingerprint density at radius 3 is 2.19 bits per heavy atom. The predicted molar refractivity (Wildman–Crippen MR) is 123 cm³/mol. The minimum Gasteiger partial charge on any atom is -0.494 e. The van der Waals surface area contributed by atoms with Crippen molar-refractivity contribution >= 4 is 21.6 Å². The van der Waals surface area contributed by atoms with Gasteiger partial charge in [-0.05, 0) is 69.2 Å².